The molecule has 0 saturated carbocycles. The van der Waals surface area contributed by atoms with Crippen molar-refractivity contribution >= 4 is 5.91 Å². The van der Waals surface area contributed by atoms with Gasteiger partial charge in [0.05, 0.1) is 25.4 Å². The number of hydrogen-bond acceptors (Lipinski definition) is 8. The summed E-state index contributed by atoms with van der Waals surface area (Å²) in [5.74, 6) is -0.202. The normalized spacial score (nSPS) is 19.4. The number of unbranched alkanes of at least 4 members (excludes halogenated alkanes) is 24. The molecule has 9 heteroatoms. The third-order valence-corrected chi connectivity index (χ3v) is 14.5. The Morgan fingerprint density at radius 2 is 0.787 bits per heavy atom. The summed E-state index contributed by atoms with van der Waals surface area (Å²) < 4.78 is 11.3. The van der Waals surface area contributed by atoms with E-state index in [1.165, 1.54) is 122 Å². The third kappa shape index (κ3) is 46.9. The first-order valence-corrected chi connectivity index (χ1v) is 32.4. The van der Waals surface area contributed by atoms with Gasteiger partial charge < -0.3 is 40.3 Å². The van der Waals surface area contributed by atoms with Crippen LogP contribution in [0.15, 0.2) is 134 Å². The van der Waals surface area contributed by atoms with Gasteiger partial charge in [0.15, 0.2) is 6.29 Å². The largest absolute Gasteiger partial charge is 0.394 e. The number of nitrogens with one attached hydrogen (secondary N) is 1. The van der Waals surface area contributed by atoms with Gasteiger partial charge in [-0.2, -0.15) is 0 Å². The maximum atomic E-state index is 13.1. The topological polar surface area (TPSA) is 149 Å². The second-order valence-corrected chi connectivity index (χ2v) is 21.8. The van der Waals surface area contributed by atoms with E-state index in [0.717, 1.165) is 109 Å². The number of aliphatic hydroxyl groups excluding tert-OH is 5. The summed E-state index contributed by atoms with van der Waals surface area (Å²) in [4.78, 5) is 13.1. The molecule has 1 aliphatic rings. The molecular formula is C71H119NO8. The van der Waals surface area contributed by atoms with Crippen molar-refractivity contribution in [3.8, 4) is 0 Å². The Morgan fingerprint density at radius 3 is 1.20 bits per heavy atom. The van der Waals surface area contributed by atoms with Crippen molar-refractivity contribution in [3.63, 3.8) is 0 Å². The van der Waals surface area contributed by atoms with Gasteiger partial charge in [0.2, 0.25) is 5.91 Å². The molecule has 0 bridgehead atoms. The highest BCUT2D eigenvalue weighted by Crippen LogP contribution is 2.23. The Morgan fingerprint density at radius 1 is 0.438 bits per heavy atom. The van der Waals surface area contributed by atoms with E-state index >= 15 is 0 Å². The molecule has 1 saturated heterocycles. The van der Waals surface area contributed by atoms with E-state index in [-0.39, 0.29) is 12.5 Å². The Balaban J connectivity index is 2.22. The zero-order valence-electron chi connectivity index (χ0n) is 50.8. The molecule has 7 unspecified atom stereocenters. The van der Waals surface area contributed by atoms with E-state index in [1.54, 1.807) is 6.08 Å². The molecule has 0 radical (unpaired) electrons. The third-order valence-electron chi connectivity index (χ3n) is 14.5. The number of aliphatic hydroxyl groups is 5. The van der Waals surface area contributed by atoms with Crippen LogP contribution in [-0.2, 0) is 14.3 Å². The molecule has 1 fully saturated rings. The maximum absolute atomic E-state index is 13.1. The number of carbonyl (C=O) groups excluding carboxylic acids is 1. The lowest BCUT2D eigenvalue weighted by Gasteiger charge is -2.40. The maximum Gasteiger partial charge on any atom is 0.220 e. The van der Waals surface area contributed by atoms with Crippen LogP contribution in [0.3, 0.4) is 0 Å². The predicted octanol–water partition coefficient (Wildman–Crippen LogP) is 17.2. The zero-order chi connectivity index (χ0) is 57.9. The highest BCUT2D eigenvalue weighted by atomic mass is 16.7. The minimum Gasteiger partial charge on any atom is -0.394 e. The highest BCUT2D eigenvalue weighted by Gasteiger charge is 2.44. The van der Waals surface area contributed by atoms with Gasteiger partial charge in [-0.05, 0) is 103 Å². The minimum absolute atomic E-state index is 0.202. The summed E-state index contributed by atoms with van der Waals surface area (Å²) >= 11 is 0. The molecule has 6 N–H and O–H groups in total. The molecule has 9 nitrogen and oxygen atoms in total. The van der Waals surface area contributed by atoms with Crippen LogP contribution < -0.4 is 5.32 Å². The van der Waals surface area contributed by atoms with E-state index in [4.69, 9.17) is 9.47 Å². The molecule has 80 heavy (non-hydrogen) atoms. The van der Waals surface area contributed by atoms with Crippen molar-refractivity contribution in [3.05, 3.63) is 134 Å². The van der Waals surface area contributed by atoms with Crippen molar-refractivity contribution in [1.82, 2.24) is 5.32 Å². The SMILES string of the molecule is CC/C=C\C/C=C\C/C=C\C/C=C\C/C=C\C/C=C\C/C=C\C/C=C\C/C=C\CCCCCCCCCC(=O)NC(COC1OC(CO)C(O)C(O)C1O)C(O)/C=C/CC/C=C/CCCCCCCCCCCCCCCCCC. The molecule has 456 valence electrons. The number of allylic oxidation sites excluding steroid dienone is 21. The molecule has 1 heterocycles. The fourth-order valence-corrected chi connectivity index (χ4v) is 9.40. The van der Waals surface area contributed by atoms with Crippen molar-refractivity contribution in [2.45, 2.75) is 294 Å². The summed E-state index contributed by atoms with van der Waals surface area (Å²) in [5.41, 5.74) is 0. The summed E-state index contributed by atoms with van der Waals surface area (Å²) in [6.45, 7) is 3.65. The fourth-order valence-electron chi connectivity index (χ4n) is 9.40. The Bertz CT molecular complexity index is 1720. The monoisotopic (exact) mass is 1110 g/mol. The Labute approximate surface area is 490 Å². The molecule has 0 aromatic rings. The molecule has 1 aliphatic heterocycles. The van der Waals surface area contributed by atoms with E-state index < -0.39 is 49.5 Å². The molecule has 7 atom stereocenters. The standard InChI is InChI=1S/C71H119NO8/c1-3-5-7-9-11-13-15-17-19-21-23-25-27-28-29-30-31-32-33-34-35-36-37-38-39-41-43-45-47-49-51-53-55-57-59-61-67(75)72-64(63-79-71-70(78)69(77)68(76)66(62-73)80-71)65(74)60-58-56-54-52-50-48-46-44-42-40-26-24-22-20-18-16-14-12-10-8-6-4-2/h5,7,11,13,17,19,23,25,28-29,31-32,34-35,37-38,41,43,50,52,58,60,64-66,68-71,73-74,76-78H,3-4,6,8-10,12,14-16,18,20-22,24,26-27,30,33,36,39-40,42,44-49,51,53-57,59,61-63H2,1-2H3,(H,72,75)/b7-5-,13-11-,19-17-,25-23-,29-28-,32-31-,35-34-,38-37-,43-41-,52-50+,60-58+. The van der Waals surface area contributed by atoms with Crippen LogP contribution in [0.4, 0.5) is 0 Å². The zero-order valence-corrected chi connectivity index (χ0v) is 50.8. The molecule has 0 aliphatic carbocycles. The van der Waals surface area contributed by atoms with Crippen molar-refractivity contribution in [2.75, 3.05) is 13.2 Å². The van der Waals surface area contributed by atoms with Crippen LogP contribution in [0.25, 0.3) is 0 Å². The average molecular weight is 1110 g/mol. The number of hydrogen-bond donors (Lipinski definition) is 6. The summed E-state index contributed by atoms with van der Waals surface area (Å²) in [7, 11) is 0. The van der Waals surface area contributed by atoms with Crippen molar-refractivity contribution < 1.29 is 39.8 Å². The highest BCUT2D eigenvalue weighted by molar-refractivity contribution is 5.76. The average Bonchev–Trinajstić information content (AvgIpc) is 3.46. The van der Waals surface area contributed by atoms with Gasteiger partial charge in [-0.1, -0.05) is 276 Å². The van der Waals surface area contributed by atoms with Crippen molar-refractivity contribution in [2.24, 2.45) is 0 Å². The van der Waals surface area contributed by atoms with Crippen molar-refractivity contribution in [1.29, 1.82) is 0 Å². The Kier molecular flexibility index (Phi) is 54.4. The molecule has 1 amide bonds. The van der Waals surface area contributed by atoms with Crippen LogP contribution in [0, 0.1) is 0 Å². The predicted molar refractivity (Wildman–Crippen MR) is 340 cm³/mol. The molecule has 0 spiro atoms. The van der Waals surface area contributed by atoms with E-state index in [0.29, 0.717) is 6.42 Å². The number of rotatable bonds is 54. The van der Waals surface area contributed by atoms with Gasteiger partial charge in [0, 0.05) is 6.42 Å². The number of ether oxygens (including phenoxy) is 2. The first kappa shape index (κ1) is 74.3. The molecule has 0 aromatic heterocycles. The van der Waals surface area contributed by atoms with Crippen LogP contribution in [-0.4, -0.2) is 87.5 Å². The molecule has 1 rings (SSSR count). The first-order valence-electron chi connectivity index (χ1n) is 32.4. The molecule has 0 aromatic carbocycles. The molecular weight excluding hydrogens is 995 g/mol. The second-order valence-electron chi connectivity index (χ2n) is 21.8. The minimum atomic E-state index is -1.58. The van der Waals surface area contributed by atoms with Gasteiger partial charge >= 0.3 is 0 Å². The second kappa shape index (κ2) is 58.5. The van der Waals surface area contributed by atoms with E-state index in [9.17, 15) is 30.3 Å². The summed E-state index contributed by atoms with van der Waals surface area (Å²) in [6, 6.07) is -0.839. The number of carbonyl (C=O) groups is 1. The smallest absolute Gasteiger partial charge is 0.220 e. The van der Waals surface area contributed by atoms with E-state index in [2.05, 4.69) is 141 Å². The summed E-state index contributed by atoms with van der Waals surface area (Å²) in [5, 5.41) is 54.6. The van der Waals surface area contributed by atoms with Gasteiger partial charge in [-0.25, -0.2) is 0 Å². The van der Waals surface area contributed by atoms with E-state index in [1.807, 2.05) is 6.08 Å². The van der Waals surface area contributed by atoms with Crippen LogP contribution in [0.2, 0.25) is 0 Å². The summed E-state index contributed by atoms with van der Waals surface area (Å²) in [6.07, 6.45) is 82.4. The van der Waals surface area contributed by atoms with Gasteiger partial charge in [-0.15, -0.1) is 0 Å². The first-order chi connectivity index (χ1) is 39.3. The lowest BCUT2D eigenvalue weighted by atomic mass is 9.99. The van der Waals surface area contributed by atoms with Crippen LogP contribution >= 0.6 is 0 Å². The van der Waals surface area contributed by atoms with Gasteiger partial charge in [0.25, 0.3) is 0 Å². The Hall–Kier alpha value is -3.67. The van der Waals surface area contributed by atoms with Crippen LogP contribution in [0.5, 0.6) is 0 Å². The quantitative estimate of drug-likeness (QED) is 0.0261. The number of amides is 1. The fraction of sp³-hybridized carbons (Fsp3) is 0.676. The lowest BCUT2D eigenvalue weighted by Crippen LogP contribution is -2.60. The van der Waals surface area contributed by atoms with Gasteiger partial charge in [-0.3, -0.25) is 4.79 Å². The van der Waals surface area contributed by atoms with Gasteiger partial charge in [0.1, 0.15) is 24.4 Å². The van der Waals surface area contributed by atoms with Crippen LogP contribution in [0.1, 0.15) is 251 Å². The lowest BCUT2D eigenvalue weighted by molar-refractivity contribution is -0.302.